The fourth-order valence-corrected chi connectivity index (χ4v) is 4.75. The molecular weight excluding hydrogens is 503 g/mol. The second-order valence-electron chi connectivity index (χ2n) is 8.97. The Kier molecular flexibility index (Phi) is 5.86. The highest BCUT2D eigenvalue weighted by Crippen LogP contribution is 2.50. The second kappa shape index (κ2) is 8.66. The number of hydrogen-bond acceptors (Lipinski definition) is 7. The Morgan fingerprint density at radius 3 is 2.81 bits per heavy atom. The maximum atomic E-state index is 14.3. The van der Waals surface area contributed by atoms with Gasteiger partial charge in [-0.3, -0.25) is 10.2 Å². The van der Waals surface area contributed by atoms with Gasteiger partial charge >= 0.3 is 12.2 Å². The Hall–Kier alpha value is -3.32. The average Bonchev–Trinajstić information content (AvgIpc) is 3.50. The van der Waals surface area contributed by atoms with E-state index in [1.54, 1.807) is 13.0 Å². The highest BCUT2D eigenvalue weighted by atomic mass is 35.5. The minimum atomic E-state index is -4.69. The van der Waals surface area contributed by atoms with E-state index in [-0.39, 0.29) is 40.0 Å². The first-order valence-electron chi connectivity index (χ1n) is 11.1. The molecule has 3 aromatic heterocycles. The molecule has 1 saturated heterocycles. The van der Waals surface area contributed by atoms with Crippen LogP contribution in [0.5, 0.6) is 11.6 Å². The number of fused-ring (bicyclic) bond motifs is 3. The van der Waals surface area contributed by atoms with Gasteiger partial charge in [-0.1, -0.05) is 11.6 Å². The predicted octanol–water partition coefficient (Wildman–Crippen LogP) is 3.71. The van der Waals surface area contributed by atoms with Gasteiger partial charge in [0.05, 0.1) is 24.7 Å². The normalized spacial score (nSPS) is 21.6. The van der Waals surface area contributed by atoms with E-state index < -0.39 is 24.2 Å². The summed E-state index contributed by atoms with van der Waals surface area (Å²) in [6, 6.07) is 2.10. The van der Waals surface area contributed by atoms with Crippen molar-refractivity contribution < 1.29 is 27.4 Å². The van der Waals surface area contributed by atoms with Crippen molar-refractivity contribution in [2.75, 3.05) is 37.0 Å². The molecule has 14 heteroatoms. The zero-order chi connectivity index (χ0) is 25.8. The third-order valence-electron chi connectivity index (χ3n) is 6.45. The molecule has 192 valence electrons. The summed E-state index contributed by atoms with van der Waals surface area (Å²) in [6.45, 7) is 3.54. The number of anilines is 2. The van der Waals surface area contributed by atoms with Gasteiger partial charge in [-0.05, 0) is 32.9 Å². The molecule has 2 N–H and O–H groups in total. The number of alkyl halides is 3. The van der Waals surface area contributed by atoms with E-state index in [0.717, 1.165) is 29.3 Å². The number of nitrogens with one attached hydrogen (secondary N) is 2. The average molecular weight is 526 g/mol. The van der Waals surface area contributed by atoms with E-state index in [0.29, 0.717) is 17.9 Å². The number of hydrogen-bond donors (Lipinski definition) is 2. The summed E-state index contributed by atoms with van der Waals surface area (Å²) >= 11 is 5.93. The van der Waals surface area contributed by atoms with Crippen molar-refractivity contribution >= 4 is 34.8 Å². The number of halogens is 4. The number of methoxy groups -OCH3 is 1. The molecule has 3 aromatic rings. The first-order valence-corrected chi connectivity index (χ1v) is 11.5. The van der Waals surface area contributed by atoms with Crippen LogP contribution in [0, 0.1) is 6.92 Å². The number of aromatic nitrogens is 4. The van der Waals surface area contributed by atoms with E-state index in [2.05, 4.69) is 25.7 Å². The van der Waals surface area contributed by atoms with Crippen molar-refractivity contribution in [3.63, 3.8) is 0 Å². The minimum Gasteiger partial charge on any atom is -0.491 e. The summed E-state index contributed by atoms with van der Waals surface area (Å²) in [6.07, 6.45) is -2.81. The highest BCUT2D eigenvalue weighted by Gasteiger charge is 2.60. The third kappa shape index (κ3) is 3.95. The van der Waals surface area contributed by atoms with E-state index in [1.807, 2.05) is 0 Å². The lowest BCUT2D eigenvalue weighted by molar-refractivity contribution is -0.181. The molecule has 0 spiro atoms. The first-order chi connectivity index (χ1) is 17.0. The number of aryl methyl sites for hydroxylation is 1. The third-order valence-corrected chi connectivity index (χ3v) is 6.64. The van der Waals surface area contributed by atoms with Gasteiger partial charge in [0.25, 0.3) is 5.88 Å². The summed E-state index contributed by atoms with van der Waals surface area (Å²) in [7, 11) is 1.48. The van der Waals surface area contributed by atoms with Gasteiger partial charge < -0.3 is 14.8 Å². The number of ether oxygens (including phenoxy) is 2. The summed E-state index contributed by atoms with van der Waals surface area (Å²) in [5.74, 6) is 0.716. The quantitative estimate of drug-likeness (QED) is 0.535. The van der Waals surface area contributed by atoms with Crippen LogP contribution in [0.4, 0.5) is 29.5 Å². The Labute approximate surface area is 208 Å². The number of pyridine rings is 1. The van der Waals surface area contributed by atoms with Crippen LogP contribution in [-0.2, 0) is 5.41 Å². The van der Waals surface area contributed by atoms with Gasteiger partial charge in [-0.25, -0.2) is 14.3 Å². The SMILES string of the molecule is COc1c(C)cc(NC(=O)N2C[C@@](C)(C(F)(F)F)c3c2cnc2cc(Cl)nn32)nc1O[C@H]1CCNC1. The van der Waals surface area contributed by atoms with Gasteiger partial charge in [0.15, 0.2) is 16.5 Å². The number of nitrogens with zero attached hydrogens (tertiary/aromatic N) is 5. The highest BCUT2D eigenvalue weighted by molar-refractivity contribution is 6.29. The number of amides is 2. The molecule has 0 aromatic carbocycles. The van der Waals surface area contributed by atoms with Gasteiger partial charge in [0, 0.05) is 24.7 Å². The van der Waals surface area contributed by atoms with Crippen LogP contribution in [0.2, 0.25) is 5.15 Å². The van der Waals surface area contributed by atoms with Crippen LogP contribution >= 0.6 is 11.6 Å². The molecule has 2 aliphatic rings. The molecule has 36 heavy (non-hydrogen) atoms. The van der Waals surface area contributed by atoms with E-state index in [9.17, 15) is 18.0 Å². The van der Waals surface area contributed by atoms with Crippen molar-refractivity contribution in [3.8, 4) is 11.6 Å². The number of carbonyl (C=O) groups excluding carboxylic acids is 1. The molecule has 0 saturated carbocycles. The Balaban J connectivity index is 1.50. The molecular formula is C22H23ClF3N7O3. The van der Waals surface area contributed by atoms with E-state index in [4.69, 9.17) is 21.1 Å². The van der Waals surface area contributed by atoms with Gasteiger partial charge in [-0.15, -0.1) is 0 Å². The predicted molar refractivity (Wildman–Crippen MR) is 125 cm³/mol. The lowest BCUT2D eigenvalue weighted by Crippen LogP contribution is -2.46. The molecule has 2 aliphatic heterocycles. The zero-order valence-electron chi connectivity index (χ0n) is 19.6. The molecule has 10 nitrogen and oxygen atoms in total. The van der Waals surface area contributed by atoms with Crippen LogP contribution in [0.3, 0.4) is 0 Å². The summed E-state index contributed by atoms with van der Waals surface area (Å²) in [4.78, 5) is 22.8. The number of urea groups is 1. The standard InChI is InChI=1S/C22H23ClF3N7O3/c1-11-6-15(29-19(17(11)35-3)36-12-4-5-27-8-12)30-20(34)32-10-21(2,22(24,25)26)18-13(32)9-28-16-7-14(23)31-33(16)18/h6-7,9,12,27H,4-5,8,10H2,1-3H3,(H,29,30,34)/t12-,21+/m0/s1. The topological polar surface area (TPSA) is 106 Å². The molecule has 0 radical (unpaired) electrons. The van der Waals surface area contributed by atoms with Crippen molar-refractivity contribution in [1.82, 2.24) is 24.9 Å². The molecule has 0 aliphatic carbocycles. The molecule has 1 fully saturated rings. The second-order valence-corrected chi connectivity index (χ2v) is 9.36. The van der Waals surface area contributed by atoms with E-state index >= 15 is 0 Å². The van der Waals surface area contributed by atoms with Crippen LogP contribution < -0.4 is 25.0 Å². The molecule has 5 heterocycles. The van der Waals surface area contributed by atoms with Crippen LogP contribution in [-0.4, -0.2) is 64.6 Å². The summed E-state index contributed by atoms with van der Waals surface area (Å²) < 4.78 is 55.3. The van der Waals surface area contributed by atoms with Crippen LogP contribution in [0.25, 0.3) is 5.65 Å². The van der Waals surface area contributed by atoms with Crippen LogP contribution in [0.1, 0.15) is 24.6 Å². The lowest BCUT2D eigenvalue weighted by atomic mass is 9.88. The molecule has 0 bridgehead atoms. The maximum absolute atomic E-state index is 14.3. The van der Waals surface area contributed by atoms with Gasteiger partial charge in [-0.2, -0.15) is 23.3 Å². The van der Waals surface area contributed by atoms with E-state index in [1.165, 1.54) is 19.4 Å². The number of rotatable bonds is 4. The molecule has 5 rings (SSSR count). The lowest BCUT2D eigenvalue weighted by Gasteiger charge is -2.28. The monoisotopic (exact) mass is 525 g/mol. The fourth-order valence-electron chi connectivity index (χ4n) is 4.58. The summed E-state index contributed by atoms with van der Waals surface area (Å²) in [5.41, 5.74) is -1.88. The molecule has 2 amide bonds. The molecule has 2 atom stereocenters. The smallest absolute Gasteiger partial charge is 0.401 e. The largest absolute Gasteiger partial charge is 0.491 e. The Bertz CT molecular complexity index is 1340. The van der Waals surface area contributed by atoms with Crippen molar-refractivity contribution in [3.05, 3.63) is 34.7 Å². The van der Waals surface area contributed by atoms with Crippen LogP contribution in [0.15, 0.2) is 18.3 Å². The van der Waals surface area contributed by atoms with Crippen molar-refractivity contribution in [2.45, 2.75) is 38.0 Å². The maximum Gasteiger partial charge on any atom is 0.401 e. The minimum absolute atomic E-state index is 0.00812. The fraction of sp³-hybridized carbons (Fsp3) is 0.455. The summed E-state index contributed by atoms with van der Waals surface area (Å²) in [5, 5.41) is 9.76. The van der Waals surface area contributed by atoms with Crippen molar-refractivity contribution in [1.29, 1.82) is 0 Å². The Morgan fingerprint density at radius 2 is 2.14 bits per heavy atom. The van der Waals surface area contributed by atoms with Crippen molar-refractivity contribution in [2.24, 2.45) is 0 Å². The zero-order valence-corrected chi connectivity index (χ0v) is 20.4. The molecule has 0 unspecified atom stereocenters. The van der Waals surface area contributed by atoms with Gasteiger partial charge in [0.1, 0.15) is 17.3 Å². The van der Waals surface area contributed by atoms with Gasteiger partial charge in [0.2, 0.25) is 0 Å². The Morgan fingerprint density at radius 1 is 1.36 bits per heavy atom. The first kappa shape index (κ1) is 24.4. The number of carbonyl (C=O) groups is 1.